The highest BCUT2D eigenvalue weighted by atomic mass is 79.9. The van der Waals surface area contributed by atoms with Gasteiger partial charge in [0.25, 0.3) is 0 Å². The van der Waals surface area contributed by atoms with Crippen molar-refractivity contribution >= 4 is 15.9 Å². The molecule has 0 bridgehead atoms. The molecule has 1 atom stereocenters. The monoisotopic (exact) mass is 287 g/mol. The summed E-state index contributed by atoms with van der Waals surface area (Å²) in [6.07, 6.45) is 2.19. The standard InChI is InChI=1S/C13H19BrFN/c1-4-9(5-2)13(16-3)10-6-11(14)8-12(15)7-10/h6-9,13,16H,4-5H2,1-3H3. The average molecular weight is 288 g/mol. The third-order valence-electron chi connectivity index (χ3n) is 3.08. The number of benzene rings is 1. The molecule has 1 aromatic carbocycles. The molecule has 0 saturated heterocycles. The van der Waals surface area contributed by atoms with Crippen LogP contribution in [-0.4, -0.2) is 7.05 Å². The number of halogens is 2. The second kappa shape index (κ2) is 6.36. The molecule has 0 heterocycles. The van der Waals surface area contributed by atoms with Crippen molar-refractivity contribution in [2.75, 3.05) is 7.05 Å². The summed E-state index contributed by atoms with van der Waals surface area (Å²) in [7, 11) is 1.93. The summed E-state index contributed by atoms with van der Waals surface area (Å²) < 4.78 is 14.1. The van der Waals surface area contributed by atoms with E-state index >= 15 is 0 Å². The maximum atomic E-state index is 13.3. The Hall–Kier alpha value is -0.410. The lowest BCUT2D eigenvalue weighted by molar-refractivity contribution is 0.358. The second-order valence-corrected chi connectivity index (χ2v) is 4.96. The average Bonchev–Trinajstić information content (AvgIpc) is 2.24. The minimum absolute atomic E-state index is 0.185. The Bertz CT molecular complexity index is 316. The fraction of sp³-hybridized carbons (Fsp3) is 0.538. The summed E-state index contributed by atoms with van der Waals surface area (Å²) in [4.78, 5) is 0. The van der Waals surface area contributed by atoms with E-state index in [0.29, 0.717) is 5.92 Å². The molecule has 0 aliphatic carbocycles. The zero-order chi connectivity index (χ0) is 12.1. The molecule has 1 unspecified atom stereocenters. The largest absolute Gasteiger partial charge is 0.313 e. The first-order valence-electron chi connectivity index (χ1n) is 5.75. The van der Waals surface area contributed by atoms with Crippen molar-refractivity contribution in [3.8, 4) is 0 Å². The third kappa shape index (κ3) is 3.29. The van der Waals surface area contributed by atoms with Gasteiger partial charge in [0.05, 0.1) is 0 Å². The number of nitrogens with one attached hydrogen (secondary N) is 1. The molecule has 0 saturated carbocycles. The Balaban J connectivity index is 3.02. The van der Waals surface area contributed by atoms with Gasteiger partial charge in [-0.1, -0.05) is 42.6 Å². The van der Waals surface area contributed by atoms with E-state index in [2.05, 4.69) is 35.1 Å². The van der Waals surface area contributed by atoms with Crippen molar-refractivity contribution in [1.82, 2.24) is 5.32 Å². The van der Waals surface area contributed by atoms with E-state index in [0.717, 1.165) is 22.9 Å². The molecule has 0 radical (unpaired) electrons. The van der Waals surface area contributed by atoms with E-state index in [1.807, 2.05) is 13.1 Å². The second-order valence-electron chi connectivity index (χ2n) is 4.05. The molecular formula is C13H19BrFN. The number of rotatable bonds is 5. The minimum atomic E-state index is -0.185. The molecule has 0 aliphatic rings. The molecule has 1 aromatic rings. The van der Waals surface area contributed by atoms with E-state index < -0.39 is 0 Å². The summed E-state index contributed by atoms with van der Waals surface area (Å²) in [6.45, 7) is 4.35. The van der Waals surface area contributed by atoms with Crippen LogP contribution in [0.4, 0.5) is 4.39 Å². The number of hydrogen-bond acceptors (Lipinski definition) is 1. The molecule has 16 heavy (non-hydrogen) atoms. The van der Waals surface area contributed by atoms with Gasteiger partial charge in [0.2, 0.25) is 0 Å². The lowest BCUT2D eigenvalue weighted by Gasteiger charge is -2.25. The van der Waals surface area contributed by atoms with Crippen molar-refractivity contribution in [1.29, 1.82) is 0 Å². The van der Waals surface area contributed by atoms with Crippen LogP contribution in [0.25, 0.3) is 0 Å². The van der Waals surface area contributed by atoms with Crippen LogP contribution in [0.1, 0.15) is 38.3 Å². The predicted octanol–water partition coefficient (Wildman–Crippen LogP) is 4.28. The Morgan fingerprint density at radius 1 is 1.25 bits per heavy atom. The maximum Gasteiger partial charge on any atom is 0.124 e. The first-order valence-corrected chi connectivity index (χ1v) is 6.54. The first kappa shape index (κ1) is 13.7. The SMILES string of the molecule is CCC(CC)C(NC)c1cc(F)cc(Br)c1. The van der Waals surface area contributed by atoms with Crippen LogP contribution in [-0.2, 0) is 0 Å². The van der Waals surface area contributed by atoms with Gasteiger partial charge in [-0.2, -0.15) is 0 Å². The van der Waals surface area contributed by atoms with Crippen LogP contribution in [0.3, 0.4) is 0 Å². The van der Waals surface area contributed by atoms with Crippen molar-refractivity contribution in [2.24, 2.45) is 5.92 Å². The molecule has 1 nitrogen and oxygen atoms in total. The van der Waals surface area contributed by atoms with E-state index in [1.165, 1.54) is 6.07 Å². The number of hydrogen-bond donors (Lipinski definition) is 1. The molecule has 1 rings (SSSR count). The highest BCUT2D eigenvalue weighted by Gasteiger charge is 2.19. The molecule has 90 valence electrons. The Morgan fingerprint density at radius 2 is 1.88 bits per heavy atom. The lowest BCUT2D eigenvalue weighted by Crippen LogP contribution is -2.24. The highest BCUT2D eigenvalue weighted by molar-refractivity contribution is 9.10. The van der Waals surface area contributed by atoms with Gasteiger partial charge in [0, 0.05) is 10.5 Å². The summed E-state index contributed by atoms with van der Waals surface area (Å²) in [6, 6.07) is 5.32. The van der Waals surface area contributed by atoms with Gasteiger partial charge >= 0.3 is 0 Å². The molecular weight excluding hydrogens is 269 g/mol. The summed E-state index contributed by atoms with van der Waals surface area (Å²) in [5.41, 5.74) is 1.02. The van der Waals surface area contributed by atoms with E-state index in [-0.39, 0.29) is 11.9 Å². The normalized spacial score (nSPS) is 13.1. The maximum absolute atomic E-state index is 13.3. The van der Waals surface area contributed by atoms with Gasteiger partial charge in [0.15, 0.2) is 0 Å². The molecule has 0 spiro atoms. The van der Waals surface area contributed by atoms with E-state index in [4.69, 9.17) is 0 Å². The molecule has 0 aromatic heterocycles. The Morgan fingerprint density at radius 3 is 2.31 bits per heavy atom. The van der Waals surface area contributed by atoms with Gasteiger partial charge in [-0.3, -0.25) is 0 Å². The van der Waals surface area contributed by atoms with Crippen molar-refractivity contribution in [3.63, 3.8) is 0 Å². The molecule has 0 aliphatic heterocycles. The fourth-order valence-corrected chi connectivity index (χ4v) is 2.67. The Labute approximate surface area is 106 Å². The predicted molar refractivity (Wildman–Crippen MR) is 70.0 cm³/mol. The smallest absolute Gasteiger partial charge is 0.124 e. The zero-order valence-corrected chi connectivity index (χ0v) is 11.6. The topological polar surface area (TPSA) is 12.0 Å². The molecule has 0 amide bonds. The van der Waals surface area contributed by atoms with Crippen LogP contribution in [0.2, 0.25) is 0 Å². The van der Waals surface area contributed by atoms with Crippen LogP contribution in [0.5, 0.6) is 0 Å². The van der Waals surface area contributed by atoms with Crippen LogP contribution in [0, 0.1) is 11.7 Å². The van der Waals surface area contributed by atoms with Crippen LogP contribution >= 0.6 is 15.9 Å². The van der Waals surface area contributed by atoms with Crippen molar-refractivity contribution < 1.29 is 4.39 Å². The summed E-state index contributed by atoms with van der Waals surface area (Å²) in [5.74, 6) is 0.356. The van der Waals surface area contributed by atoms with E-state index in [9.17, 15) is 4.39 Å². The van der Waals surface area contributed by atoms with Crippen molar-refractivity contribution in [2.45, 2.75) is 32.7 Å². The minimum Gasteiger partial charge on any atom is -0.313 e. The van der Waals surface area contributed by atoms with Gasteiger partial charge in [0.1, 0.15) is 5.82 Å². The van der Waals surface area contributed by atoms with Gasteiger partial charge in [-0.25, -0.2) is 4.39 Å². The highest BCUT2D eigenvalue weighted by Crippen LogP contribution is 2.29. The van der Waals surface area contributed by atoms with Gasteiger partial charge < -0.3 is 5.32 Å². The summed E-state index contributed by atoms with van der Waals surface area (Å²) >= 11 is 3.34. The molecule has 1 N–H and O–H groups in total. The van der Waals surface area contributed by atoms with E-state index in [1.54, 1.807) is 6.07 Å². The molecule has 0 fully saturated rings. The van der Waals surface area contributed by atoms with Gasteiger partial charge in [-0.05, 0) is 36.7 Å². The Kier molecular flexibility index (Phi) is 5.42. The third-order valence-corrected chi connectivity index (χ3v) is 3.53. The quantitative estimate of drug-likeness (QED) is 0.852. The van der Waals surface area contributed by atoms with Crippen LogP contribution in [0.15, 0.2) is 22.7 Å². The lowest BCUT2D eigenvalue weighted by atomic mass is 9.89. The van der Waals surface area contributed by atoms with Gasteiger partial charge in [-0.15, -0.1) is 0 Å². The summed E-state index contributed by atoms with van der Waals surface area (Å²) in [5, 5.41) is 3.29. The van der Waals surface area contributed by atoms with Crippen LogP contribution < -0.4 is 5.32 Å². The van der Waals surface area contributed by atoms with Crippen molar-refractivity contribution in [3.05, 3.63) is 34.1 Å². The zero-order valence-electron chi connectivity index (χ0n) is 10.1. The molecule has 3 heteroatoms. The first-order chi connectivity index (χ1) is 7.62. The fourth-order valence-electron chi connectivity index (χ4n) is 2.19.